The number of nitrogens with zero attached hydrogens (tertiary/aromatic N) is 1. The minimum Gasteiger partial charge on any atom is -0.390 e. The second kappa shape index (κ2) is 6.94. The highest BCUT2D eigenvalue weighted by Gasteiger charge is 2.47. The van der Waals surface area contributed by atoms with Crippen molar-refractivity contribution in [3.8, 4) is 0 Å². The molecule has 1 spiro atoms. The predicted octanol–water partition coefficient (Wildman–Crippen LogP) is 1.66. The number of aliphatic hydroxyl groups excluding tert-OH is 2. The fourth-order valence-electron chi connectivity index (χ4n) is 4.12. The number of aromatic amines is 1. The Morgan fingerprint density at radius 1 is 1.31 bits per heavy atom. The molecule has 2 aromatic rings. The minimum atomic E-state index is -0.835. The Labute approximate surface area is 156 Å². The van der Waals surface area contributed by atoms with Crippen molar-refractivity contribution in [3.63, 3.8) is 0 Å². The van der Waals surface area contributed by atoms with Crippen LogP contribution < -0.4 is 5.43 Å². The SMILES string of the molecule is O=c1cc(CN2CCC3(CC2)OCC[C@H](O)[C@@H]3O)[nH]c2c(Cl)cccc12. The topological polar surface area (TPSA) is 85.8 Å². The Morgan fingerprint density at radius 3 is 2.85 bits per heavy atom. The standard InChI is InChI=1S/C19H23ClN2O4/c20-14-3-1-2-13-16(24)10-12(21-17(13)14)11-22-7-5-19(6-8-22)18(25)15(23)4-9-26-19/h1-3,10,15,18,23,25H,4-9,11H2,(H,21,24)/t15-,18-/m0/s1. The van der Waals surface area contributed by atoms with Crippen molar-refractivity contribution in [2.45, 2.75) is 43.6 Å². The number of nitrogens with one attached hydrogen (secondary N) is 1. The molecule has 0 saturated carbocycles. The lowest BCUT2D eigenvalue weighted by atomic mass is 9.80. The number of benzene rings is 1. The molecule has 0 bridgehead atoms. The van der Waals surface area contributed by atoms with E-state index in [1.54, 1.807) is 24.3 Å². The van der Waals surface area contributed by atoms with Crippen LogP contribution in [-0.4, -0.2) is 57.6 Å². The van der Waals surface area contributed by atoms with E-state index in [4.69, 9.17) is 16.3 Å². The number of hydrogen-bond donors (Lipinski definition) is 3. The lowest BCUT2D eigenvalue weighted by Crippen LogP contribution is -2.59. The zero-order valence-corrected chi connectivity index (χ0v) is 15.2. The van der Waals surface area contributed by atoms with Gasteiger partial charge in [0.05, 0.1) is 28.9 Å². The van der Waals surface area contributed by atoms with E-state index >= 15 is 0 Å². The molecule has 0 aliphatic carbocycles. The van der Waals surface area contributed by atoms with Crippen LogP contribution in [0.2, 0.25) is 5.02 Å². The van der Waals surface area contributed by atoms with Gasteiger partial charge in [-0.1, -0.05) is 17.7 Å². The Hall–Kier alpha value is -1.44. The molecule has 2 atom stereocenters. The summed E-state index contributed by atoms with van der Waals surface area (Å²) < 4.78 is 5.87. The van der Waals surface area contributed by atoms with E-state index in [-0.39, 0.29) is 5.43 Å². The van der Waals surface area contributed by atoms with Crippen LogP contribution in [-0.2, 0) is 11.3 Å². The Kier molecular flexibility index (Phi) is 4.79. The first-order chi connectivity index (χ1) is 12.5. The summed E-state index contributed by atoms with van der Waals surface area (Å²) in [6, 6.07) is 6.93. The number of likely N-dealkylation sites (tertiary alicyclic amines) is 1. The van der Waals surface area contributed by atoms with Crippen LogP contribution in [0.3, 0.4) is 0 Å². The monoisotopic (exact) mass is 378 g/mol. The Balaban J connectivity index is 1.49. The Bertz CT molecular complexity index is 860. The van der Waals surface area contributed by atoms with Crippen LogP contribution in [0.1, 0.15) is 25.0 Å². The number of pyridine rings is 1. The van der Waals surface area contributed by atoms with E-state index in [0.717, 1.165) is 18.8 Å². The van der Waals surface area contributed by atoms with Crippen LogP contribution in [0.25, 0.3) is 10.9 Å². The third kappa shape index (κ3) is 3.17. The largest absolute Gasteiger partial charge is 0.390 e. The maximum atomic E-state index is 12.3. The van der Waals surface area contributed by atoms with Crippen molar-refractivity contribution in [3.05, 3.63) is 45.2 Å². The minimum absolute atomic E-state index is 0.0427. The number of rotatable bonds is 2. The summed E-state index contributed by atoms with van der Waals surface area (Å²) >= 11 is 6.22. The first-order valence-corrected chi connectivity index (χ1v) is 9.39. The molecule has 0 amide bonds. The normalized spacial score (nSPS) is 26.4. The van der Waals surface area contributed by atoms with Gasteiger partial charge in [-0.05, 0) is 31.4 Å². The quantitative estimate of drug-likeness (QED) is 0.740. The number of halogens is 1. The van der Waals surface area contributed by atoms with Crippen molar-refractivity contribution >= 4 is 22.5 Å². The van der Waals surface area contributed by atoms with E-state index < -0.39 is 17.8 Å². The molecule has 2 saturated heterocycles. The maximum Gasteiger partial charge on any atom is 0.189 e. The van der Waals surface area contributed by atoms with E-state index in [2.05, 4.69) is 9.88 Å². The molecule has 3 heterocycles. The van der Waals surface area contributed by atoms with Gasteiger partial charge in [-0.3, -0.25) is 9.69 Å². The first-order valence-electron chi connectivity index (χ1n) is 9.01. The van der Waals surface area contributed by atoms with Crippen molar-refractivity contribution in [1.82, 2.24) is 9.88 Å². The highest BCUT2D eigenvalue weighted by atomic mass is 35.5. The molecule has 2 aliphatic rings. The molecule has 2 fully saturated rings. The van der Waals surface area contributed by atoms with Gasteiger partial charge >= 0.3 is 0 Å². The van der Waals surface area contributed by atoms with Crippen LogP contribution in [0.15, 0.2) is 29.1 Å². The molecular weight excluding hydrogens is 356 g/mol. The second-order valence-corrected chi connectivity index (χ2v) is 7.72. The molecule has 26 heavy (non-hydrogen) atoms. The molecule has 3 N–H and O–H groups in total. The average Bonchev–Trinajstić information content (AvgIpc) is 2.63. The fourth-order valence-corrected chi connectivity index (χ4v) is 4.34. The third-order valence-corrected chi connectivity index (χ3v) is 5.99. The van der Waals surface area contributed by atoms with Gasteiger partial charge in [-0.2, -0.15) is 0 Å². The number of aromatic nitrogens is 1. The summed E-state index contributed by atoms with van der Waals surface area (Å²) in [5.41, 5.74) is 0.795. The van der Waals surface area contributed by atoms with Gasteiger partial charge in [0.25, 0.3) is 0 Å². The molecule has 0 radical (unpaired) electrons. The van der Waals surface area contributed by atoms with Crippen LogP contribution in [0.5, 0.6) is 0 Å². The lowest BCUT2D eigenvalue weighted by Gasteiger charge is -2.48. The zero-order chi connectivity index (χ0) is 18.3. The highest BCUT2D eigenvalue weighted by molar-refractivity contribution is 6.35. The summed E-state index contributed by atoms with van der Waals surface area (Å²) in [5, 5.41) is 21.4. The fraction of sp³-hybridized carbons (Fsp3) is 0.526. The van der Waals surface area contributed by atoms with E-state index in [1.165, 1.54) is 0 Å². The molecule has 4 rings (SSSR count). The lowest BCUT2D eigenvalue weighted by molar-refractivity contribution is -0.214. The number of piperidine rings is 1. The van der Waals surface area contributed by atoms with Crippen molar-refractivity contribution in [1.29, 1.82) is 0 Å². The highest BCUT2D eigenvalue weighted by Crippen LogP contribution is 2.35. The number of hydrogen-bond acceptors (Lipinski definition) is 5. The number of para-hydroxylation sites is 1. The van der Waals surface area contributed by atoms with Crippen molar-refractivity contribution in [2.24, 2.45) is 0 Å². The smallest absolute Gasteiger partial charge is 0.189 e. The van der Waals surface area contributed by atoms with Gasteiger partial charge in [-0.25, -0.2) is 0 Å². The molecule has 140 valence electrons. The van der Waals surface area contributed by atoms with E-state index in [9.17, 15) is 15.0 Å². The molecule has 6 nitrogen and oxygen atoms in total. The summed E-state index contributed by atoms with van der Waals surface area (Å²) in [6.45, 7) is 2.54. The first kappa shape index (κ1) is 17.9. The van der Waals surface area contributed by atoms with Gasteiger partial charge in [0, 0.05) is 36.8 Å². The van der Waals surface area contributed by atoms with Gasteiger partial charge in [-0.15, -0.1) is 0 Å². The summed E-state index contributed by atoms with van der Waals surface area (Å²) in [4.78, 5) is 17.8. The zero-order valence-electron chi connectivity index (χ0n) is 14.4. The molecule has 1 aromatic heterocycles. The second-order valence-electron chi connectivity index (χ2n) is 7.31. The van der Waals surface area contributed by atoms with E-state index in [0.29, 0.717) is 48.3 Å². The predicted molar refractivity (Wildman–Crippen MR) is 99.4 cm³/mol. The summed E-state index contributed by atoms with van der Waals surface area (Å²) in [5.74, 6) is 0. The third-order valence-electron chi connectivity index (χ3n) is 5.67. The average molecular weight is 379 g/mol. The Morgan fingerprint density at radius 2 is 2.08 bits per heavy atom. The van der Waals surface area contributed by atoms with Crippen LogP contribution in [0.4, 0.5) is 0 Å². The number of aliphatic hydroxyl groups is 2. The summed E-state index contributed by atoms with van der Waals surface area (Å²) in [6.07, 6.45) is 0.242. The van der Waals surface area contributed by atoms with Crippen LogP contribution in [0, 0.1) is 0 Å². The number of H-pyrrole nitrogens is 1. The number of ether oxygens (including phenoxy) is 1. The van der Waals surface area contributed by atoms with Gasteiger partial charge in [0.1, 0.15) is 6.10 Å². The molecule has 7 heteroatoms. The van der Waals surface area contributed by atoms with Crippen LogP contribution >= 0.6 is 11.6 Å². The van der Waals surface area contributed by atoms with Gasteiger partial charge < -0.3 is 19.9 Å². The molecule has 1 aromatic carbocycles. The van der Waals surface area contributed by atoms with Crippen molar-refractivity contribution < 1.29 is 14.9 Å². The van der Waals surface area contributed by atoms with Gasteiger partial charge in [0.2, 0.25) is 0 Å². The van der Waals surface area contributed by atoms with Crippen molar-refractivity contribution in [2.75, 3.05) is 19.7 Å². The number of fused-ring (bicyclic) bond motifs is 1. The molecule has 0 unspecified atom stereocenters. The van der Waals surface area contributed by atoms with E-state index in [1.807, 2.05) is 0 Å². The maximum absolute atomic E-state index is 12.3. The summed E-state index contributed by atoms with van der Waals surface area (Å²) in [7, 11) is 0. The molecule has 2 aliphatic heterocycles. The molecular formula is C19H23ClN2O4. The van der Waals surface area contributed by atoms with Gasteiger partial charge in [0.15, 0.2) is 5.43 Å².